The summed E-state index contributed by atoms with van der Waals surface area (Å²) in [5, 5.41) is 3.08. The number of hydrogen-bond donors (Lipinski definition) is 1. The van der Waals surface area contributed by atoms with E-state index in [1.165, 1.54) is 6.07 Å². The lowest BCUT2D eigenvalue weighted by molar-refractivity contribution is 0.254. The van der Waals surface area contributed by atoms with Gasteiger partial charge < -0.3 is 10.1 Å². The molecular formula is C11H11F2NO. The third kappa shape index (κ3) is 2.15. The lowest BCUT2D eigenvalue weighted by Gasteiger charge is -2.13. The first-order valence-corrected chi connectivity index (χ1v) is 4.67. The van der Waals surface area contributed by atoms with Crippen LogP contribution in [0.15, 0.2) is 30.4 Å². The van der Waals surface area contributed by atoms with Crippen LogP contribution in [0.4, 0.5) is 8.78 Å². The third-order valence-corrected chi connectivity index (χ3v) is 2.31. The molecule has 1 N–H and O–H groups in total. The summed E-state index contributed by atoms with van der Waals surface area (Å²) in [6, 6.07) is 3.50. The lowest BCUT2D eigenvalue weighted by Crippen LogP contribution is -2.20. The maximum Gasteiger partial charge on any atom is 0.162 e. The molecule has 15 heavy (non-hydrogen) atoms. The van der Waals surface area contributed by atoms with Crippen LogP contribution in [0.25, 0.3) is 0 Å². The van der Waals surface area contributed by atoms with Crippen LogP contribution in [0.1, 0.15) is 0 Å². The fourth-order valence-corrected chi connectivity index (χ4v) is 1.46. The summed E-state index contributed by atoms with van der Waals surface area (Å²) in [6.45, 7) is 5.17. The summed E-state index contributed by atoms with van der Waals surface area (Å²) in [5.41, 5.74) is 0.916. The summed E-state index contributed by atoms with van der Waals surface area (Å²) in [7, 11) is 0. The zero-order valence-electron chi connectivity index (χ0n) is 8.09. The Morgan fingerprint density at radius 3 is 2.73 bits per heavy atom. The molecule has 1 aromatic rings. The van der Waals surface area contributed by atoms with Crippen LogP contribution < -0.4 is 10.1 Å². The highest BCUT2D eigenvalue weighted by molar-refractivity contribution is 5.26. The topological polar surface area (TPSA) is 21.3 Å². The highest BCUT2D eigenvalue weighted by atomic mass is 19.2. The molecule has 2 nitrogen and oxygen atoms in total. The van der Waals surface area contributed by atoms with E-state index in [0.29, 0.717) is 18.8 Å². The van der Waals surface area contributed by atoms with E-state index in [1.54, 1.807) is 0 Å². The average molecular weight is 211 g/mol. The van der Waals surface area contributed by atoms with E-state index in [0.717, 1.165) is 17.7 Å². The zero-order chi connectivity index (χ0) is 10.8. The molecule has 0 radical (unpaired) electrons. The minimum absolute atomic E-state index is 0.158. The van der Waals surface area contributed by atoms with E-state index >= 15 is 0 Å². The van der Waals surface area contributed by atoms with Crippen LogP contribution in [0, 0.1) is 11.6 Å². The highest BCUT2D eigenvalue weighted by Crippen LogP contribution is 2.19. The molecule has 0 bridgehead atoms. The fraction of sp³-hybridized carbons (Fsp3) is 0.273. The van der Waals surface area contributed by atoms with Crippen molar-refractivity contribution in [1.29, 1.82) is 0 Å². The second-order valence-corrected chi connectivity index (χ2v) is 3.47. The van der Waals surface area contributed by atoms with Gasteiger partial charge in [0, 0.05) is 19.2 Å². The number of benzene rings is 1. The van der Waals surface area contributed by atoms with E-state index < -0.39 is 11.6 Å². The first kappa shape index (κ1) is 10.1. The number of nitrogens with one attached hydrogen (secondary N) is 1. The van der Waals surface area contributed by atoms with Gasteiger partial charge in [-0.15, -0.1) is 0 Å². The summed E-state index contributed by atoms with van der Waals surface area (Å²) in [5.74, 6) is -1.45. The van der Waals surface area contributed by atoms with Crippen LogP contribution in [0.5, 0.6) is 5.75 Å². The van der Waals surface area contributed by atoms with E-state index in [-0.39, 0.29) is 6.10 Å². The standard InChI is InChI=1S/C11H11F2NO/c1-7-5-14-6-11(7)15-8-2-3-9(12)10(13)4-8/h2-4,11,14H,1,5-6H2/t11-/m0/s1. The second kappa shape index (κ2) is 3.98. The average Bonchev–Trinajstić information content (AvgIpc) is 2.59. The van der Waals surface area contributed by atoms with Crippen molar-refractivity contribution in [2.24, 2.45) is 0 Å². The number of rotatable bonds is 2. The Bertz CT molecular complexity index is 392. The van der Waals surface area contributed by atoms with Crippen molar-refractivity contribution in [3.8, 4) is 5.75 Å². The normalized spacial score (nSPS) is 20.7. The van der Waals surface area contributed by atoms with Gasteiger partial charge >= 0.3 is 0 Å². The van der Waals surface area contributed by atoms with E-state index in [4.69, 9.17) is 4.74 Å². The van der Waals surface area contributed by atoms with Crippen LogP contribution in [-0.2, 0) is 0 Å². The van der Waals surface area contributed by atoms with Gasteiger partial charge in [0.05, 0.1) is 0 Å². The molecule has 1 aliphatic rings. The monoisotopic (exact) mass is 211 g/mol. The van der Waals surface area contributed by atoms with Crippen LogP contribution in [0.3, 0.4) is 0 Å². The molecule has 1 heterocycles. The second-order valence-electron chi connectivity index (χ2n) is 3.47. The summed E-state index contributed by atoms with van der Waals surface area (Å²) in [6.07, 6.45) is -0.158. The molecule has 2 rings (SSSR count). The predicted molar refractivity (Wildman–Crippen MR) is 52.8 cm³/mol. The molecule has 0 unspecified atom stereocenters. The molecule has 1 aromatic carbocycles. The van der Waals surface area contributed by atoms with Gasteiger partial charge in [0.1, 0.15) is 11.9 Å². The van der Waals surface area contributed by atoms with E-state index in [2.05, 4.69) is 11.9 Å². The molecule has 0 amide bonds. The lowest BCUT2D eigenvalue weighted by atomic mass is 10.2. The van der Waals surface area contributed by atoms with Gasteiger partial charge in [-0.3, -0.25) is 0 Å². The Balaban J connectivity index is 2.10. The summed E-state index contributed by atoms with van der Waals surface area (Å²) in [4.78, 5) is 0. The summed E-state index contributed by atoms with van der Waals surface area (Å²) >= 11 is 0. The maximum atomic E-state index is 12.9. The van der Waals surface area contributed by atoms with Crippen molar-refractivity contribution in [3.63, 3.8) is 0 Å². The van der Waals surface area contributed by atoms with Crippen molar-refractivity contribution < 1.29 is 13.5 Å². The Labute approximate surface area is 86.6 Å². The first-order chi connectivity index (χ1) is 7.16. The van der Waals surface area contributed by atoms with Crippen LogP contribution in [-0.4, -0.2) is 19.2 Å². The van der Waals surface area contributed by atoms with Gasteiger partial charge in [-0.2, -0.15) is 0 Å². The van der Waals surface area contributed by atoms with Gasteiger partial charge in [0.25, 0.3) is 0 Å². The molecule has 0 aliphatic carbocycles. The molecule has 1 aliphatic heterocycles. The van der Waals surface area contributed by atoms with Gasteiger partial charge in [0.2, 0.25) is 0 Å². The van der Waals surface area contributed by atoms with E-state index in [9.17, 15) is 8.78 Å². The molecule has 1 saturated heterocycles. The Morgan fingerprint density at radius 2 is 2.13 bits per heavy atom. The molecule has 0 spiro atoms. The maximum absolute atomic E-state index is 12.9. The molecule has 1 atom stereocenters. The van der Waals surface area contributed by atoms with Gasteiger partial charge in [-0.1, -0.05) is 6.58 Å². The van der Waals surface area contributed by atoms with Crippen molar-refractivity contribution in [2.75, 3.05) is 13.1 Å². The highest BCUT2D eigenvalue weighted by Gasteiger charge is 2.20. The molecule has 0 saturated carbocycles. The number of hydrogen-bond acceptors (Lipinski definition) is 2. The first-order valence-electron chi connectivity index (χ1n) is 4.67. The van der Waals surface area contributed by atoms with E-state index in [1.807, 2.05) is 0 Å². The van der Waals surface area contributed by atoms with Gasteiger partial charge in [-0.05, 0) is 17.7 Å². The van der Waals surface area contributed by atoms with Crippen LogP contribution >= 0.6 is 0 Å². The molecule has 80 valence electrons. The van der Waals surface area contributed by atoms with Crippen molar-refractivity contribution in [2.45, 2.75) is 6.10 Å². The summed E-state index contributed by atoms with van der Waals surface area (Å²) < 4.78 is 30.9. The fourth-order valence-electron chi connectivity index (χ4n) is 1.46. The number of ether oxygens (including phenoxy) is 1. The quantitative estimate of drug-likeness (QED) is 0.754. The molecular weight excluding hydrogens is 200 g/mol. The molecule has 1 fully saturated rings. The number of halogens is 2. The third-order valence-electron chi connectivity index (χ3n) is 2.31. The SMILES string of the molecule is C=C1CNC[C@@H]1Oc1ccc(F)c(F)c1. The minimum atomic E-state index is -0.899. The van der Waals surface area contributed by atoms with Gasteiger partial charge in [0.15, 0.2) is 11.6 Å². The minimum Gasteiger partial charge on any atom is -0.485 e. The Kier molecular flexibility index (Phi) is 2.68. The molecule has 4 heteroatoms. The predicted octanol–water partition coefficient (Wildman–Crippen LogP) is 1.87. The van der Waals surface area contributed by atoms with Gasteiger partial charge in [-0.25, -0.2) is 8.78 Å². The smallest absolute Gasteiger partial charge is 0.162 e. The van der Waals surface area contributed by atoms with Crippen LogP contribution in [0.2, 0.25) is 0 Å². The Hall–Kier alpha value is -1.42. The van der Waals surface area contributed by atoms with Crippen molar-refractivity contribution >= 4 is 0 Å². The van der Waals surface area contributed by atoms with Crippen molar-refractivity contribution in [3.05, 3.63) is 42.0 Å². The zero-order valence-corrected chi connectivity index (χ0v) is 8.09. The van der Waals surface area contributed by atoms with Crippen molar-refractivity contribution in [1.82, 2.24) is 5.32 Å². The Morgan fingerprint density at radius 1 is 1.33 bits per heavy atom. The largest absolute Gasteiger partial charge is 0.485 e. The molecule has 0 aromatic heterocycles.